The molecule has 0 aliphatic rings. The summed E-state index contributed by atoms with van der Waals surface area (Å²) in [5.41, 5.74) is 3.04. The van der Waals surface area contributed by atoms with Crippen molar-refractivity contribution in [1.29, 1.82) is 0 Å². The summed E-state index contributed by atoms with van der Waals surface area (Å²) in [5.74, 6) is -0.222. The average Bonchev–Trinajstić information content (AvgIpc) is 2.50. The number of hydrogen-bond donors (Lipinski definition) is 1. The van der Waals surface area contributed by atoms with E-state index >= 15 is 0 Å². The Kier molecular flexibility index (Phi) is 5.69. The highest BCUT2D eigenvalue weighted by atomic mass is 19.1. The molecular formula is C17H22FN3. The molecule has 112 valence electrons. The van der Waals surface area contributed by atoms with E-state index in [1.165, 1.54) is 11.6 Å². The van der Waals surface area contributed by atoms with Crippen LogP contribution in [-0.2, 0) is 6.54 Å². The van der Waals surface area contributed by atoms with Crippen LogP contribution in [0.1, 0.15) is 25.8 Å². The minimum absolute atomic E-state index is 0.222. The molecule has 4 heteroatoms. The Bertz CT molecular complexity index is 571. The van der Waals surface area contributed by atoms with Crippen molar-refractivity contribution in [3.8, 4) is 0 Å². The maximum absolute atomic E-state index is 13.5. The molecule has 2 rings (SSSR count). The zero-order valence-electron chi connectivity index (χ0n) is 12.6. The third kappa shape index (κ3) is 4.02. The summed E-state index contributed by atoms with van der Waals surface area (Å²) in [6, 6.07) is 8.69. The van der Waals surface area contributed by atoms with Crippen molar-refractivity contribution in [3.63, 3.8) is 0 Å². The SMILES string of the molecule is CCCNCc1ccncc1N(CC)c1cccc(F)c1. The number of rotatable bonds is 7. The number of nitrogens with one attached hydrogen (secondary N) is 1. The van der Waals surface area contributed by atoms with Gasteiger partial charge in [-0.1, -0.05) is 13.0 Å². The molecule has 21 heavy (non-hydrogen) atoms. The zero-order valence-corrected chi connectivity index (χ0v) is 12.6. The first kappa shape index (κ1) is 15.4. The molecule has 0 spiro atoms. The van der Waals surface area contributed by atoms with Gasteiger partial charge in [-0.05, 0) is 49.7 Å². The fraction of sp³-hybridized carbons (Fsp3) is 0.353. The molecule has 0 amide bonds. The van der Waals surface area contributed by atoms with Crippen LogP contribution in [0.5, 0.6) is 0 Å². The van der Waals surface area contributed by atoms with E-state index in [0.29, 0.717) is 0 Å². The van der Waals surface area contributed by atoms with Crippen LogP contribution in [0.4, 0.5) is 15.8 Å². The predicted molar refractivity (Wildman–Crippen MR) is 85.3 cm³/mol. The summed E-state index contributed by atoms with van der Waals surface area (Å²) in [5, 5.41) is 3.41. The van der Waals surface area contributed by atoms with Gasteiger partial charge in [0.1, 0.15) is 5.82 Å². The minimum Gasteiger partial charge on any atom is -0.340 e. The fourth-order valence-corrected chi connectivity index (χ4v) is 2.34. The third-order valence-electron chi connectivity index (χ3n) is 3.36. The van der Waals surface area contributed by atoms with Gasteiger partial charge >= 0.3 is 0 Å². The van der Waals surface area contributed by atoms with Crippen LogP contribution in [0.3, 0.4) is 0 Å². The highest BCUT2D eigenvalue weighted by molar-refractivity contribution is 5.65. The van der Waals surface area contributed by atoms with E-state index in [0.717, 1.165) is 37.4 Å². The largest absolute Gasteiger partial charge is 0.340 e. The van der Waals surface area contributed by atoms with Crippen molar-refractivity contribution in [1.82, 2.24) is 10.3 Å². The minimum atomic E-state index is -0.222. The average molecular weight is 287 g/mol. The van der Waals surface area contributed by atoms with Gasteiger partial charge in [-0.25, -0.2) is 4.39 Å². The first-order valence-electron chi connectivity index (χ1n) is 7.43. The molecule has 0 aliphatic carbocycles. The van der Waals surface area contributed by atoms with Crippen LogP contribution in [0.2, 0.25) is 0 Å². The topological polar surface area (TPSA) is 28.2 Å². The van der Waals surface area contributed by atoms with Crippen LogP contribution >= 0.6 is 0 Å². The van der Waals surface area contributed by atoms with Crippen molar-refractivity contribution in [3.05, 3.63) is 54.1 Å². The van der Waals surface area contributed by atoms with Gasteiger partial charge in [0.15, 0.2) is 0 Å². The molecule has 1 N–H and O–H groups in total. The van der Waals surface area contributed by atoms with Gasteiger partial charge in [0, 0.05) is 25.0 Å². The van der Waals surface area contributed by atoms with E-state index in [2.05, 4.69) is 29.0 Å². The van der Waals surface area contributed by atoms with Gasteiger partial charge in [-0.2, -0.15) is 0 Å². The number of nitrogens with zero attached hydrogens (tertiary/aromatic N) is 2. The van der Waals surface area contributed by atoms with Crippen molar-refractivity contribution in [2.75, 3.05) is 18.0 Å². The second-order valence-electron chi connectivity index (χ2n) is 4.91. The summed E-state index contributed by atoms with van der Waals surface area (Å²) in [7, 11) is 0. The number of hydrogen-bond acceptors (Lipinski definition) is 3. The van der Waals surface area contributed by atoms with Crippen LogP contribution in [0.15, 0.2) is 42.7 Å². The molecular weight excluding hydrogens is 265 g/mol. The molecule has 0 radical (unpaired) electrons. The summed E-state index contributed by atoms with van der Waals surface area (Å²) in [6.45, 7) is 6.73. The molecule has 0 saturated heterocycles. The van der Waals surface area contributed by atoms with E-state index in [1.54, 1.807) is 18.3 Å². The first-order valence-corrected chi connectivity index (χ1v) is 7.43. The smallest absolute Gasteiger partial charge is 0.125 e. The van der Waals surface area contributed by atoms with Crippen LogP contribution < -0.4 is 10.2 Å². The number of halogens is 1. The van der Waals surface area contributed by atoms with Crippen LogP contribution in [0, 0.1) is 5.82 Å². The number of aromatic nitrogens is 1. The van der Waals surface area contributed by atoms with Gasteiger partial charge in [0.05, 0.1) is 11.9 Å². The lowest BCUT2D eigenvalue weighted by molar-refractivity contribution is 0.627. The van der Waals surface area contributed by atoms with E-state index < -0.39 is 0 Å². The van der Waals surface area contributed by atoms with Crippen molar-refractivity contribution < 1.29 is 4.39 Å². The Morgan fingerprint density at radius 3 is 2.81 bits per heavy atom. The standard InChI is InChI=1S/C17H22FN3/c1-3-9-19-12-14-8-10-20-13-17(14)21(4-2)16-7-5-6-15(18)11-16/h5-8,10-11,13,19H,3-4,9,12H2,1-2H3. The normalized spacial score (nSPS) is 10.6. The van der Waals surface area contributed by atoms with E-state index in [1.807, 2.05) is 18.3 Å². The zero-order chi connectivity index (χ0) is 15.1. The van der Waals surface area contributed by atoms with Gasteiger partial charge in [-0.15, -0.1) is 0 Å². The molecule has 0 bridgehead atoms. The van der Waals surface area contributed by atoms with Crippen molar-refractivity contribution in [2.45, 2.75) is 26.8 Å². The summed E-state index contributed by atoms with van der Waals surface area (Å²) >= 11 is 0. The molecule has 0 saturated carbocycles. The number of benzene rings is 1. The second-order valence-corrected chi connectivity index (χ2v) is 4.91. The Morgan fingerprint density at radius 1 is 1.24 bits per heavy atom. The summed E-state index contributed by atoms with van der Waals surface area (Å²) in [4.78, 5) is 6.31. The first-order chi connectivity index (χ1) is 10.3. The lowest BCUT2D eigenvalue weighted by atomic mass is 10.1. The van der Waals surface area contributed by atoms with Gasteiger partial charge < -0.3 is 10.2 Å². The van der Waals surface area contributed by atoms with Gasteiger partial charge in [-0.3, -0.25) is 4.98 Å². The lowest BCUT2D eigenvalue weighted by Gasteiger charge is -2.25. The summed E-state index contributed by atoms with van der Waals surface area (Å²) < 4.78 is 13.5. The molecule has 3 nitrogen and oxygen atoms in total. The fourth-order valence-electron chi connectivity index (χ4n) is 2.34. The molecule has 2 aromatic rings. The van der Waals surface area contributed by atoms with Crippen molar-refractivity contribution >= 4 is 11.4 Å². The van der Waals surface area contributed by atoms with Crippen LogP contribution in [-0.4, -0.2) is 18.1 Å². The van der Waals surface area contributed by atoms with Gasteiger partial charge in [0.2, 0.25) is 0 Å². The van der Waals surface area contributed by atoms with E-state index in [4.69, 9.17) is 0 Å². The molecule has 0 atom stereocenters. The van der Waals surface area contributed by atoms with Crippen LogP contribution in [0.25, 0.3) is 0 Å². The monoisotopic (exact) mass is 287 g/mol. The predicted octanol–water partition coefficient (Wildman–Crippen LogP) is 3.88. The Labute approximate surface area is 125 Å². The molecule has 1 heterocycles. The Balaban J connectivity index is 2.29. The number of pyridine rings is 1. The number of anilines is 2. The summed E-state index contributed by atoms with van der Waals surface area (Å²) in [6.07, 6.45) is 4.74. The van der Waals surface area contributed by atoms with Crippen molar-refractivity contribution in [2.24, 2.45) is 0 Å². The second kappa shape index (κ2) is 7.74. The third-order valence-corrected chi connectivity index (χ3v) is 3.36. The molecule has 1 aromatic carbocycles. The quantitative estimate of drug-likeness (QED) is 0.783. The molecule has 1 aromatic heterocycles. The Hall–Kier alpha value is -1.94. The molecule has 0 fully saturated rings. The molecule has 0 unspecified atom stereocenters. The maximum Gasteiger partial charge on any atom is 0.125 e. The van der Waals surface area contributed by atoms with Gasteiger partial charge in [0.25, 0.3) is 0 Å². The Morgan fingerprint density at radius 2 is 2.10 bits per heavy atom. The lowest BCUT2D eigenvalue weighted by Crippen LogP contribution is -2.21. The van der Waals surface area contributed by atoms with E-state index in [-0.39, 0.29) is 5.82 Å². The maximum atomic E-state index is 13.5. The highest BCUT2D eigenvalue weighted by Crippen LogP contribution is 2.28. The molecule has 0 aliphatic heterocycles. The highest BCUT2D eigenvalue weighted by Gasteiger charge is 2.12. The van der Waals surface area contributed by atoms with E-state index in [9.17, 15) is 4.39 Å².